The van der Waals surface area contributed by atoms with Crippen LogP contribution in [0.1, 0.15) is 6.42 Å². The van der Waals surface area contributed by atoms with Crippen molar-refractivity contribution < 1.29 is 13.2 Å². The van der Waals surface area contributed by atoms with Gasteiger partial charge in [0.25, 0.3) is 0 Å². The summed E-state index contributed by atoms with van der Waals surface area (Å²) in [5, 5.41) is 3.89. The number of nitrogens with zero attached hydrogens (tertiary/aromatic N) is 1. The lowest BCUT2D eigenvalue weighted by molar-refractivity contribution is 0.0676. The van der Waals surface area contributed by atoms with Crippen LogP contribution in [0.25, 0.3) is 0 Å². The van der Waals surface area contributed by atoms with Crippen molar-refractivity contribution in [1.82, 2.24) is 10.2 Å². The van der Waals surface area contributed by atoms with E-state index in [1.54, 1.807) is 0 Å². The van der Waals surface area contributed by atoms with Gasteiger partial charge < -0.3 is 15.0 Å². The van der Waals surface area contributed by atoms with E-state index in [1.165, 1.54) is 0 Å². The SMILES string of the molecule is O=S1(=O)CCC(CNC(=S)N2CCOCC2)C1. The zero-order chi connectivity index (χ0) is 12.3. The molecular weight excluding hydrogens is 260 g/mol. The fourth-order valence-corrected chi connectivity index (χ4v) is 4.27. The van der Waals surface area contributed by atoms with Gasteiger partial charge in [-0.25, -0.2) is 8.42 Å². The summed E-state index contributed by atoms with van der Waals surface area (Å²) >= 11 is 5.28. The maximum atomic E-state index is 11.3. The van der Waals surface area contributed by atoms with E-state index in [9.17, 15) is 8.42 Å². The molecule has 2 rings (SSSR count). The van der Waals surface area contributed by atoms with E-state index in [0.29, 0.717) is 31.3 Å². The Bertz CT molecular complexity index is 377. The summed E-state index contributed by atoms with van der Waals surface area (Å²) in [7, 11) is -2.79. The van der Waals surface area contributed by atoms with Crippen LogP contribution in [0.4, 0.5) is 0 Å². The van der Waals surface area contributed by atoms with Gasteiger partial charge in [0.05, 0.1) is 24.7 Å². The highest BCUT2D eigenvalue weighted by atomic mass is 32.2. The molecule has 1 N–H and O–H groups in total. The minimum atomic E-state index is -2.79. The van der Waals surface area contributed by atoms with E-state index in [0.717, 1.165) is 24.6 Å². The van der Waals surface area contributed by atoms with Crippen molar-refractivity contribution in [2.75, 3.05) is 44.4 Å². The third-order valence-corrected chi connectivity index (χ3v) is 5.41. The van der Waals surface area contributed by atoms with E-state index >= 15 is 0 Å². The van der Waals surface area contributed by atoms with Crippen molar-refractivity contribution in [3.8, 4) is 0 Å². The topological polar surface area (TPSA) is 58.6 Å². The predicted molar refractivity (Wildman–Crippen MR) is 69.8 cm³/mol. The summed E-state index contributed by atoms with van der Waals surface area (Å²) in [6.07, 6.45) is 0.751. The number of morpholine rings is 1. The van der Waals surface area contributed by atoms with Gasteiger partial charge in [-0.15, -0.1) is 0 Å². The average Bonchev–Trinajstić information content (AvgIpc) is 2.67. The van der Waals surface area contributed by atoms with Crippen molar-refractivity contribution in [1.29, 1.82) is 0 Å². The Hall–Kier alpha value is -0.400. The van der Waals surface area contributed by atoms with Gasteiger partial charge in [-0.05, 0) is 24.6 Å². The number of thiocarbonyl (C=S) groups is 1. The van der Waals surface area contributed by atoms with Crippen molar-refractivity contribution in [2.45, 2.75) is 6.42 Å². The molecule has 17 heavy (non-hydrogen) atoms. The molecule has 98 valence electrons. The van der Waals surface area contributed by atoms with Crippen LogP contribution >= 0.6 is 12.2 Å². The molecule has 0 radical (unpaired) electrons. The van der Waals surface area contributed by atoms with Gasteiger partial charge >= 0.3 is 0 Å². The summed E-state index contributed by atoms with van der Waals surface area (Å²) in [5.41, 5.74) is 0. The van der Waals surface area contributed by atoms with E-state index in [4.69, 9.17) is 17.0 Å². The molecule has 7 heteroatoms. The minimum Gasteiger partial charge on any atom is -0.378 e. The number of nitrogens with one attached hydrogen (secondary N) is 1. The van der Waals surface area contributed by atoms with E-state index in [1.807, 2.05) is 0 Å². The molecule has 0 bridgehead atoms. The van der Waals surface area contributed by atoms with Crippen molar-refractivity contribution in [3.63, 3.8) is 0 Å². The van der Waals surface area contributed by atoms with Gasteiger partial charge in [-0.2, -0.15) is 0 Å². The number of hydrogen-bond acceptors (Lipinski definition) is 4. The van der Waals surface area contributed by atoms with Crippen LogP contribution in [0.3, 0.4) is 0 Å². The molecule has 5 nitrogen and oxygen atoms in total. The molecule has 0 amide bonds. The Morgan fingerprint density at radius 3 is 2.71 bits per heavy atom. The first-order valence-corrected chi connectivity index (χ1v) is 8.11. The average molecular weight is 278 g/mol. The van der Waals surface area contributed by atoms with Crippen LogP contribution in [0, 0.1) is 5.92 Å². The molecule has 0 aromatic carbocycles. The Morgan fingerprint density at radius 1 is 1.41 bits per heavy atom. The predicted octanol–water partition coefficient (Wildman–Crippen LogP) is -0.372. The largest absolute Gasteiger partial charge is 0.378 e. The fourth-order valence-electron chi connectivity index (χ4n) is 2.14. The van der Waals surface area contributed by atoms with Gasteiger partial charge in [-0.1, -0.05) is 0 Å². The Morgan fingerprint density at radius 2 is 2.12 bits per heavy atom. The summed E-state index contributed by atoms with van der Waals surface area (Å²) in [6, 6.07) is 0. The molecule has 2 fully saturated rings. The number of sulfone groups is 1. The molecule has 1 unspecified atom stereocenters. The molecule has 2 aliphatic rings. The third-order valence-electron chi connectivity index (χ3n) is 3.17. The van der Waals surface area contributed by atoms with Gasteiger partial charge in [0, 0.05) is 19.6 Å². The Labute approximate surface area is 107 Å². The molecule has 0 saturated carbocycles. The first-order chi connectivity index (χ1) is 8.07. The van der Waals surface area contributed by atoms with Crippen molar-refractivity contribution in [3.05, 3.63) is 0 Å². The molecule has 0 aliphatic carbocycles. The van der Waals surface area contributed by atoms with Crippen molar-refractivity contribution in [2.24, 2.45) is 5.92 Å². The second kappa shape index (κ2) is 5.49. The Balaban J connectivity index is 1.73. The highest BCUT2D eigenvalue weighted by molar-refractivity contribution is 7.91. The summed E-state index contributed by atoms with van der Waals surface area (Å²) in [4.78, 5) is 2.07. The minimum absolute atomic E-state index is 0.207. The van der Waals surface area contributed by atoms with E-state index in [2.05, 4.69) is 10.2 Å². The zero-order valence-corrected chi connectivity index (χ0v) is 11.4. The van der Waals surface area contributed by atoms with Crippen LogP contribution in [-0.4, -0.2) is 62.8 Å². The van der Waals surface area contributed by atoms with Crippen LogP contribution in [-0.2, 0) is 14.6 Å². The van der Waals surface area contributed by atoms with Crippen LogP contribution < -0.4 is 5.32 Å². The maximum absolute atomic E-state index is 11.3. The number of hydrogen-bond donors (Lipinski definition) is 1. The second-order valence-corrected chi connectivity index (χ2v) is 7.17. The molecule has 0 spiro atoms. The van der Waals surface area contributed by atoms with Gasteiger partial charge in [0.1, 0.15) is 0 Å². The van der Waals surface area contributed by atoms with E-state index in [-0.39, 0.29) is 5.92 Å². The summed E-state index contributed by atoms with van der Waals surface area (Å²) in [5.74, 6) is 0.828. The molecule has 0 aromatic heterocycles. The maximum Gasteiger partial charge on any atom is 0.169 e. The molecule has 1 atom stereocenters. The highest BCUT2D eigenvalue weighted by Gasteiger charge is 2.28. The molecule has 2 aliphatic heterocycles. The normalized spacial score (nSPS) is 28.0. The lowest BCUT2D eigenvalue weighted by atomic mass is 10.1. The number of rotatable bonds is 2. The lowest BCUT2D eigenvalue weighted by Crippen LogP contribution is -2.47. The quantitative estimate of drug-likeness (QED) is 0.696. The molecule has 0 aromatic rings. The monoisotopic (exact) mass is 278 g/mol. The van der Waals surface area contributed by atoms with E-state index < -0.39 is 9.84 Å². The summed E-state index contributed by atoms with van der Waals surface area (Å²) in [6.45, 7) is 3.71. The standard InChI is InChI=1S/C10H18N2O3S2/c13-17(14)6-1-9(8-17)7-11-10(16)12-2-4-15-5-3-12/h9H,1-8H2,(H,11,16). The first kappa shape index (κ1) is 13.0. The van der Waals surface area contributed by atoms with Crippen LogP contribution in [0.5, 0.6) is 0 Å². The molecule has 2 heterocycles. The highest BCUT2D eigenvalue weighted by Crippen LogP contribution is 2.17. The lowest BCUT2D eigenvalue weighted by Gasteiger charge is -2.29. The smallest absolute Gasteiger partial charge is 0.169 e. The first-order valence-electron chi connectivity index (χ1n) is 5.88. The van der Waals surface area contributed by atoms with Gasteiger partial charge in [0.15, 0.2) is 14.9 Å². The van der Waals surface area contributed by atoms with Crippen LogP contribution in [0.15, 0.2) is 0 Å². The van der Waals surface area contributed by atoms with Crippen molar-refractivity contribution >= 4 is 27.2 Å². The Kier molecular flexibility index (Phi) is 4.22. The molecular formula is C10H18N2O3S2. The third kappa shape index (κ3) is 3.79. The summed E-state index contributed by atoms with van der Waals surface area (Å²) < 4.78 is 27.8. The van der Waals surface area contributed by atoms with Gasteiger partial charge in [0.2, 0.25) is 0 Å². The zero-order valence-electron chi connectivity index (χ0n) is 9.72. The van der Waals surface area contributed by atoms with Crippen LogP contribution in [0.2, 0.25) is 0 Å². The molecule has 2 saturated heterocycles. The number of ether oxygens (including phenoxy) is 1. The van der Waals surface area contributed by atoms with Gasteiger partial charge in [-0.3, -0.25) is 0 Å². The fraction of sp³-hybridized carbons (Fsp3) is 0.900. The second-order valence-electron chi connectivity index (χ2n) is 4.55.